The molecule has 1 fully saturated rings. The number of hydrogen-bond donors (Lipinski definition) is 1. The van der Waals surface area contributed by atoms with Crippen LogP contribution in [0.5, 0.6) is 0 Å². The van der Waals surface area contributed by atoms with Gasteiger partial charge in [-0.25, -0.2) is 9.37 Å². The Bertz CT molecular complexity index is 1210. The maximum atomic E-state index is 13.3. The molecule has 0 radical (unpaired) electrons. The van der Waals surface area contributed by atoms with Crippen molar-refractivity contribution >= 4 is 16.9 Å². The second-order valence-electron chi connectivity index (χ2n) is 8.54. The van der Waals surface area contributed by atoms with Gasteiger partial charge >= 0.3 is 0 Å². The molecule has 2 aromatic heterocycles. The fourth-order valence-corrected chi connectivity index (χ4v) is 4.54. The van der Waals surface area contributed by atoms with Crippen molar-refractivity contribution in [2.45, 2.75) is 32.2 Å². The lowest BCUT2D eigenvalue weighted by Gasteiger charge is -2.32. The summed E-state index contributed by atoms with van der Waals surface area (Å²) in [6, 6.07) is 12.8. The van der Waals surface area contributed by atoms with Gasteiger partial charge in [0.25, 0.3) is 0 Å². The molecule has 0 spiro atoms. The second-order valence-corrected chi connectivity index (χ2v) is 8.54. The minimum absolute atomic E-state index is 0.160. The lowest BCUT2D eigenvalue weighted by molar-refractivity contribution is -0.132. The van der Waals surface area contributed by atoms with Crippen molar-refractivity contribution in [2.24, 2.45) is 5.92 Å². The van der Waals surface area contributed by atoms with Crippen LogP contribution in [0.2, 0.25) is 0 Å². The first-order valence-corrected chi connectivity index (χ1v) is 11.1. The van der Waals surface area contributed by atoms with E-state index in [1.165, 1.54) is 12.1 Å². The number of aryl methyl sites for hydroxylation is 1. The second kappa shape index (κ2) is 8.94. The van der Waals surface area contributed by atoms with E-state index in [-0.39, 0.29) is 11.7 Å². The number of H-pyrrole nitrogens is 1. The highest BCUT2D eigenvalue weighted by atomic mass is 19.1. The zero-order valence-corrected chi connectivity index (χ0v) is 17.9. The van der Waals surface area contributed by atoms with Gasteiger partial charge in [0, 0.05) is 37.8 Å². The maximum Gasteiger partial charge on any atom is 0.222 e. The van der Waals surface area contributed by atoms with Crippen LogP contribution in [0.4, 0.5) is 4.39 Å². The zero-order chi connectivity index (χ0) is 21.9. The number of benzene rings is 2. The summed E-state index contributed by atoms with van der Waals surface area (Å²) in [7, 11) is 0. The largest absolute Gasteiger partial charge is 0.343 e. The first-order chi connectivity index (χ1) is 15.7. The molecule has 3 heterocycles. The van der Waals surface area contributed by atoms with Crippen molar-refractivity contribution in [1.82, 2.24) is 24.6 Å². The van der Waals surface area contributed by atoms with Crippen LogP contribution in [0.15, 0.2) is 61.2 Å². The zero-order valence-electron chi connectivity index (χ0n) is 17.9. The van der Waals surface area contributed by atoms with Gasteiger partial charge in [-0.1, -0.05) is 18.2 Å². The summed E-state index contributed by atoms with van der Waals surface area (Å²) in [5, 5.41) is 6.86. The summed E-state index contributed by atoms with van der Waals surface area (Å²) >= 11 is 0. The van der Waals surface area contributed by atoms with Crippen molar-refractivity contribution in [1.29, 1.82) is 0 Å². The minimum atomic E-state index is -0.250. The fraction of sp³-hybridized carbons (Fsp3) is 0.320. The van der Waals surface area contributed by atoms with Crippen molar-refractivity contribution in [2.75, 3.05) is 13.1 Å². The van der Waals surface area contributed by atoms with Gasteiger partial charge in [0.05, 0.1) is 23.6 Å². The number of halogens is 1. The van der Waals surface area contributed by atoms with Crippen molar-refractivity contribution in [3.8, 4) is 11.1 Å². The molecule has 7 heteroatoms. The van der Waals surface area contributed by atoms with Crippen molar-refractivity contribution < 1.29 is 9.18 Å². The summed E-state index contributed by atoms with van der Waals surface area (Å²) < 4.78 is 15.5. The highest BCUT2D eigenvalue weighted by molar-refractivity contribution is 5.81. The lowest BCUT2D eigenvalue weighted by Crippen LogP contribution is -2.39. The molecule has 0 unspecified atom stereocenters. The predicted molar refractivity (Wildman–Crippen MR) is 121 cm³/mol. The SMILES string of the molecule is O=C(CCc1cccc(F)c1)N1CCC(Cn2cnc3cc(-c4cn[nH]c4)ccc32)CC1. The maximum absolute atomic E-state index is 13.3. The number of hydrogen-bond acceptors (Lipinski definition) is 3. The van der Waals surface area contributed by atoms with Gasteiger partial charge in [-0.2, -0.15) is 5.10 Å². The van der Waals surface area contributed by atoms with Gasteiger partial charge in [0.15, 0.2) is 0 Å². The Balaban J connectivity index is 1.15. The Morgan fingerprint density at radius 1 is 1.12 bits per heavy atom. The number of carbonyl (C=O) groups excluding carboxylic acids is 1. The van der Waals surface area contributed by atoms with E-state index in [9.17, 15) is 9.18 Å². The normalized spacial score (nSPS) is 14.8. The van der Waals surface area contributed by atoms with E-state index in [1.54, 1.807) is 6.07 Å². The third-order valence-electron chi connectivity index (χ3n) is 6.39. The van der Waals surface area contributed by atoms with Crippen LogP contribution in [0.1, 0.15) is 24.8 Å². The Labute approximate surface area is 186 Å². The third kappa shape index (κ3) is 4.42. The molecule has 32 heavy (non-hydrogen) atoms. The summed E-state index contributed by atoms with van der Waals surface area (Å²) in [6.07, 6.45) is 8.59. The molecule has 6 nitrogen and oxygen atoms in total. The number of aromatic nitrogens is 4. The molecule has 2 aromatic carbocycles. The number of fused-ring (bicyclic) bond motifs is 1. The molecule has 1 N–H and O–H groups in total. The molecule has 0 aliphatic carbocycles. The monoisotopic (exact) mass is 431 g/mol. The number of rotatable bonds is 6. The van der Waals surface area contributed by atoms with Crippen LogP contribution >= 0.6 is 0 Å². The van der Waals surface area contributed by atoms with Crippen LogP contribution in [0.3, 0.4) is 0 Å². The quantitative estimate of drug-likeness (QED) is 0.491. The molecule has 5 rings (SSSR count). The number of aromatic amines is 1. The van der Waals surface area contributed by atoms with E-state index in [1.807, 2.05) is 29.7 Å². The summed E-state index contributed by atoms with van der Waals surface area (Å²) in [6.45, 7) is 2.47. The molecule has 0 atom stereocenters. The molecule has 164 valence electrons. The van der Waals surface area contributed by atoms with Gasteiger partial charge in [0.2, 0.25) is 5.91 Å². The van der Waals surface area contributed by atoms with Gasteiger partial charge in [-0.05, 0) is 60.6 Å². The van der Waals surface area contributed by atoms with Gasteiger partial charge in [-0.3, -0.25) is 9.89 Å². The Hall–Kier alpha value is -3.48. The van der Waals surface area contributed by atoms with E-state index < -0.39 is 0 Å². The Kier molecular flexibility index (Phi) is 5.71. The summed E-state index contributed by atoms with van der Waals surface area (Å²) in [4.78, 5) is 19.2. The average molecular weight is 432 g/mol. The average Bonchev–Trinajstić information content (AvgIpc) is 3.48. The van der Waals surface area contributed by atoms with Crippen LogP contribution in [-0.4, -0.2) is 43.6 Å². The molecule has 1 aliphatic rings. The molecule has 1 aliphatic heterocycles. The molecule has 1 amide bonds. The van der Waals surface area contributed by atoms with E-state index in [2.05, 4.69) is 37.9 Å². The fourth-order valence-electron chi connectivity index (χ4n) is 4.54. The number of piperidine rings is 1. The number of imidazole rings is 1. The topological polar surface area (TPSA) is 66.8 Å². The van der Waals surface area contributed by atoms with E-state index >= 15 is 0 Å². The van der Waals surface area contributed by atoms with Crippen LogP contribution in [-0.2, 0) is 17.8 Å². The molecule has 0 saturated carbocycles. The molecular weight excluding hydrogens is 405 g/mol. The molecule has 0 bridgehead atoms. The highest BCUT2D eigenvalue weighted by Gasteiger charge is 2.23. The summed E-state index contributed by atoms with van der Waals surface area (Å²) in [5.41, 5.74) is 5.13. The molecule has 4 aromatic rings. The van der Waals surface area contributed by atoms with Gasteiger partial charge < -0.3 is 9.47 Å². The van der Waals surface area contributed by atoms with Crippen molar-refractivity contribution in [3.05, 3.63) is 72.6 Å². The van der Waals surface area contributed by atoms with E-state index in [0.717, 1.165) is 60.2 Å². The lowest BCUT2D eigenvalue weighted by atomic mass is 9.96. The predicted octanol–water partition coefficient (Wildman–Crippen LogP) is 4.44. The van der Waals surface area contributed by atoms with Crippen LogP contribution in [0, 0.1) is 11.7 Å². The van der Waals surface area contributed by atoms with E-state index in [0.29, 0.717) is 18.8 Å². The first-order valence-electron chi connectivity index (χ1n) is 11.1. The third-order valence-corrected chi connectivity index (χ3v) is 6.39. The van der Waals surface area contributed by atoms with Crippen molar-refractivity contribution in [3.63, 3.8) is 0 Å². The number of nitrogens with zero attached hydrogens (tertiary/aromatic N) is 4. The number of nitrogens with one attached hydrogen (secondary N) is 1. The van der Waals surface area contributed by atoms with Crippen LogP contribution in [0.25, 0.3) is 22.2 Å². The van der Waals surface area contributed by atoms with Gasteiger partial charge in [0.1, 0.15) is 5.82 Å². The first kappa shape index (κ1) is 20.4. The number of amides is 1. The number of carbonyl (C=O) groups is 1. The Morgan fingerprint density at radius 2 is 2.00 bits per heavy atom. The highest BCUT2D eigenvalue weighted by Crippen LogP contribution is 2.26. The number of likely N-dealkylation sites (tertiary alicyclic amines) is 1. The molecular formula is C25H26FN5O. The minimum Gasteiger partial charge on any atom is -0.343 e. The van der Waals surface area contributed by atoms with Gasteiger partial charge in [-0.15, -0.1) is 0 Å². The molecule has 1 saturated heterocycles. The Morgan fingerprint density at radius 3 is 2.78 bits per heavy atom. The van der Waals surface area contributed by atoms with E-state index in [4.69, 9.17) is 0 Å². The standard InChI is InChI=1S/C25H26FN5O/c26-22-3-1-2-18(12-22)4-7-25(32)30-10-8-19(9-11-30)16-31-17-27-23-13-20(5-6-24(23)31)21-14-28-29-15-21/h1-3,5-6,12-15,17,19H,4,7-11,16H2,(H,28,29). The smallest absolute Gasteiger partial charge is 0.222 e. The summed E-state index contributed by atoms with van der Waals surface area (Å²) in [5.74, 6) is 0.432. The van der Waals surface area contributed by atoms with Crippen LogP contribution < -0.4 is 0 Å².